The third kappa shape index (κ3) is 3.18. The van der Waals surface area contributed by atoms with E-state index in [0.29, 0.717) is 0 Å². The molecule has 0 saturated heterocycles. The maximum atomic E-state index is 13.8. The van der Waals surface area contributed by atoms with Crippen LogP contribution in [0.2, 0.25) is 0 Å². The third-order valence-corrected chi connectivity index (χ3v) is 7.03. The second-order valence-electron chi connectivity index (χ2n) is 7.85. The van der Waals surface area contributed by atoms with Crippen molar-refractivity contribution in [2.24, 2.45) is 0 Å². The average molecular weight is 381 g/mol. The lowest BCUT2D eigenvalue weighted by Gasteiger charge is -2.42. The fourth-order valence-electron chi connectivity index (χ4n) is 4.89. The molecule has 1 spiro atoms. The van der Waals surface area contributed by atoms with Gasteiger partial charge in [0, 0.05) is 23.3 Å². The Labute approximate surface area is 165 Å². The van der Waals surface area contributed by atoms with Crippen molar-refractivity contribution in [3.05, 3.63) is 58.4 Å². The summed E-state index contributed by atoms with van der Waals surface area (Å²) >= 11 is 1.62. The monoisotopic (exact) mass is 380 g/mol. The van der Waals surface area contributed by atoms with Crippen molar-refractivity contribution in [3.63, 3.8) is 0 Å². The van der Waals surface area contributed by atoms with Crippen molar-refractivity contribution in [1.29, 1.82) is 0 Å². The molecule has 2 aliphatic rings. The zero-order chi connectivity index (χ0) is 18.9. The van der Waals surface area contributed by atoms with Crippen molar-refractivity contribution in [2.75, 3.05) is 5.75 Å². The van der Waals surface area contributed by atoms with Crippen LogP contribution in [-0.2, 0) is 18.4 Å². The van der Waals surface area contributed by atoms with Crippen LogP contribution in [0.25, 0.3) is 11.3 Å². The lowest BCUT2D eigenvalue weighted by Crippen LogP contribution is -2.43. The second-order valence-corrected chi connectivity index (χ2v) is 8.84. The Morgan fingerprint density at radius 3 is 2.78 bits per heavy atom. The molecular formula is C23H28N2OS. The van der Waals surface area contributed by atoms with Crippen molar-refractivity contribution >= 4 is 11.8 Å². The van der Waals surface area contributed by atoms with E-state index in [1.807, 2.05) is 10.6 Å². The number of benzene rings is 1. The number of hydrogen-bond donors (Lipinski definition) is 0. The molecule has 142 valence electrons. The Balaban J connectivity index is 1.99. The third-order valence-electron chi connectivity index (χ3n) is 6.05. The van der Waals surface area contributed by atoms with Crippen LogP contribution < -0.4 is 5.56 Å². The van der Waals surface area contributed by atoms with Crippen molar-refractivity contribution in [1.82, 2.24) is 9.55 Å². The fourth-order valence-corrected chi connectivity index (χ4v) is 5.64. The van der Waals surface area contributed by atoms with Gasteiger partial charge in [0.25, 0.3) is 5.56 Å². The standard InChI is InChI=1S/C23H28N2OS/c1-3-14-25-21(26)19-20(24-22(25)27-15-4-2)18-11-7-6-10-17(18)16-23(19)12-8-5-9-13-23/h4,6-7,10-11H,2-3,5,8-9,12-16H2,1H3. The minimum Gasteiger partial charge on any atom is -0.287 e. The largest absolute Gasteiger partial charge is 0.287 e. The Morgan fingerprint density at radius 2 is 2.04 bits per heavy atom. The highest BCUT2D eigenvalue weighted by molar-refractivity contribution is 7.99. The molecule has 4 heteroatoms. The number of hydrogen-bond acceptors (Lipinski definition) is 3. The van der Waals surface area contributed by atoms with E-state index in [1.165, 1.54) is 24.8 Å². The van der Waals surface area contributed by atoms with E-state index >= 15 is 0 Å². The first-order valence-electron chi connectivity index (χ1n) is 10.2. The Kier molecular flexibility index (Phi) is 5.27. The van der Waals surface area contributed by atoms with Crippen LogP contribution in [0, 0.1) is 0 Å². The summed E-state index contributed by atoms with van der Waals surface area (Å²) in [5.74, 6) is 0.766. The van der Waals surface area contributed by atoms with Gasteiger partial charge < -0.3 is 0 Å². The molecule has 0 amide bonds. The summed E-state index contributed by atoms with van der Waals surface area (Å²) in [6.45, 7) is 6.69. The summed E-state index contributed by atoms with van der Waals surface area (Å²) in [7, 11) is 0. The summed E-state index contributed by atoms with van der Waals surface area (Å²) in [6, 6.07) is 8.55. The van der Waals surface area contributed by atoms with Gasteiger partial charge in [-0.25, -0.2) is 4.98 Å². The number of nitrogens with zero attached hydrogens (tertiary/aromatic N) is 2. The first-order valence-corrected chi connectivity index (χ1v) is 11.2. The highest BCUT2D eigenvalue weighted by Gasteiger charge is 2.43. The molecule has 0 bridgehead atoms. The summed E-state index contributed by atoms with van der Waals surface area (Å²) in [5, 5.41) is 0.836. The molecule has 3 nitrogen and oxygen atoms in total. The Hall–Kier alpha value is -1.81. The van der Waals surface area contributed by atoms with Gasteiger partial charge in [0.1, 0.15) is 0 Å². The Bertz CT molecular complexity index is 909. The van der Waals surface area contributed by atoms with Gasteiger partial charge in [-0.1, -0.05) is 68.3 Å². The van der Waals surface area contributed by atoms with Crippen molar-refractivity contribution in [3.8, 4) is 11.3 Å². The van der Waals surface area contributed by atoms with Gasteiger partial charge in [-0.05, 0) is 31.2 Å². The van der Waals surface area contributed by atoms with Gasteiger partial charge in [0.2, 0.25) is 0 Å². The highest BCUT2D eigenvalue weighted by Crippen LogP contribution is 2.48. The van der Waals surface area contributed by atoms with E-state index in [-0.39, 0.29) is 11.0 Å². The highest BCUT2D eigenvalue weighted by atomic mass is 32.2. The molecule has 1 saturated carbocycles. The van der Waals surface area contributed by atoms with Crippen LogP contribution in [0.1, 0.15) is 56.6 Å². The normalized spacial score (nSPS) is 17.4. The molecular weight excluding hydrogens is 352 g/mol. The SMILES string of the molecule is C=CCSc1nc2c(c(=O)n1CCC)C1(CCCCC1)Cc1ccccc1-2. The summed E-state index contributed by atoms with van der Waals surface area (Å²) in [4.78, 5) is 18.9. The topological polar surface area (TPSA) is 34.9 Å². The lowest BCUT2D eigenvalue weighted by molar-refractivity contribution is 0.282. The molecule has 0 N–H and O–H groups in total. The average Bonchev–Trinajstić information content (AvgIpc) is 2.69. The van der Waals surface area contributed by atoms with E-state index in [2.05, 4.69) is 37.8 Å². The summed E-state index contributed by atoms with van der Waals surface area (Å²) in [5.41, 5.74) is 4.63. The maximum Gasteiger partial charge on any atom is 0.258 e. The van der Waals surface area contributed by atoms with Gasteiger partial charge in [0.05, 0.1) is 11.3 Å². The van der Waals surface area contributed by atoms with Crippen LogP contribution in [-0.4, -0.2) is 15.3 Å². The zero-order valence-electron chi connectivity index (χ0n) is 16.2. The van der Waals surface area contributed by atoms with E-state index in [4.69, 9.17) is 4.98 Å². The maximum absolute atomic E-state index is 13.8. The number of aromatic nitrogens is 2. The molecule has 2 aliphatic carbocycles. The van der Waals surface area contributed by atoms with E-state index in [1.54, 1.807) is 11.8 Å². The van der Waals surface area contributed by atoms with Crippen LogP contribution >= 0.6 is 11.8 Å². The zero-order valence-corrected chi connectivity index (χ0v) is 17.0. The molecule has 0 radical (unpaired) electrons. The smallest absolute Gasteiger partial charge is 0.258 e. The van der Waals surface area contributed by atoms with Gasteiger partial charge in [-0.15, -0.1) is 6.58 Å². The number of fused-ring (bicyclic) bond motifs is 4. The van der Waals surface area contributed by atoms with Gasteiger partial charge >= 0.3 is 0 Å². The van der Waals surface area contributed by atoms with Gasteiger partial charge in [0.15, 0.2) is 5.16 Å². The first-order chi connectivity index (χ1) is 13.2. The predicted octanol–water partition coefficient (Wildman–Crippen LogP) is 5.36. The molecule has 1 heterocycles. The second kappa shape index (κ2) is 7.67. The molecule has 1 fully saturated rings. The molecule has 1 aromatic carbocycles. The molecule has 0 atom stereocenters. The minimum atomic E-state index is -0.0247. The quantitative estimate of drug-likeness (QED) is 0.398. The molecule has 4 rings (SSSR count). The first kappa shape index (κ1) is 18.5. The molecule has 27 heavy (non-hydrogen) atoms. The number of thioether (sulfide) groups is 1. The lowest BCUT2D eigenvalue weighted by atomic mass is 9.62. The van der Waals surface area contributed by atoms with Crippen LogP contribution in [0.3, 0.4) is 0 Å². The molecule has 2 aromatic rings. The van der Waals surface area contributed by atoms with E-state index in [0.717, 1.165) is 60.0 Å². The van der Waals surface area contributed by atoms with Gasteiger partial charge in [-0.2, -0.15) is 0 Å². The van der Waals surface area contributed by atoms with Crippen molar-refractivity contribution < 1.29 is 0 Å². The van der Waals surface area contributed by atoms with Crippen molar-refractivity contribution in [2.45, 2.75) is 69.0 Å². The van der Waals surface area contributed by atoms with Crippen LogP contribution in [0.5, 0.6) is 0 Å². The molecule has 0 aliphatic heterocycles. The predicted molar refractivity (Wildman–Crippen MR) is 114 cm³/mol. The summed E-state index contributed by atoms with van der Waals surface area (Å²) in [6.07, 6.45) is 9.71. The minimum absolute atomic E-state index is 0.0247. The Morgan fingerprint density at radius 1 is 1.26 bits per heavy atom. The van der Waals surface area contributed by atoms with Crippen LogP contribution in [0.4, 0.5) is 0 Å². The fraction of sp³-hybridized carbons (Fsp3) is 0.478. The van der Waals surface area contributed by atoms with E-state index in [9.17, 15) is 4.79 Å². The number of rotatable bonds is 5. The van der Waals surface area contributed by atoms with Gasteiger partial charge in [-0.3, -0.25) is 9.36 Å². The molecule has 0 unspecified atom stereocenters. The van der Waals surface area contributed by atoms with Crippen LogP contribution in [0.15, 0.2) is 46.9 Å². The summed E-state index contributed by atoms with van der Waals surface area (Å²) < 4.78 is 1.93. The van der Waals surface area contributed by atoms with E-state index < -0.39 is 0 Å². The molecule has 1 aromatic heterocycles.